The molecule has 0 aliphatic carbocycles. The minimum Gasteiger partial charge on any atom is -0.465 e. The number of nitrogens with zero attached hydrogens (tertiary/aromatic N) is 1. The Balaban J connectivity index is 1.76. The second-order valence-corrected chi connectivity index (χ2v) is 10.6. The summed E-state index contributed by atoms with van der Waals surface area (Å²) < 4.78 is 4.95. The molecule has 8 nitrogen and oxygen atoms in total. The molecular formula is C27H30N4O4S3. The third kappa shape index (κ3) is 7.12. The second-order valence-electron chi connectivity index (χ2n) is 8.02. The number of carbonyl (C=O) groups excluding carboxylic acids is 3. The van der Waals surface area contributed by atoms with Crippen molar-refractivity contribution < 1.29 is 19.1 Å². The Hall–Kier alpha value is -3.41. The number of hydrogen-bond acceptors (Lipinski definition) is 7. The predicted octanol–water partition coefficient (Wildman–Crippen LogP) is 5.18. The Labute approximate surface area is 236 Å². The van der Waals surface area contributed by atoms with Gasteiger partial charge >= 0.3 is 5.97 Å². The van der Waals surface area contributed by atoms with Gasteiger partial charge in [0, 0.05) is 18.0 Å². The van der Waals surface area contributed by atoms with Crippen molar-refractivity contribution in [1.82, 2.24) is 15.8 Å². The molecule has 0 fully saturated rings. The molecule has 0 unspecified atom stereocenters. The van der Waals surface area contributed by atoms with Gasteiger partial charge in [-0.25, -0.2) is 4.79 Å². The molecule has 3 aromatic rings. The van der Waals surface area contributed by atoms with Crippen LogP contribution in [-0.2, 0) is 9.53 Å². The van der Waals surface area contributed by atoms with Crippen LogP contribution in [0.25, 0.3) is 0 Å². The summed E-state index contributed by atoms with van der Waals surface area (Å²) in [5.41, 5.74) is 6.96. The van der Waals surface area contributed by atoms with E-state index in [0.717, 1.165) is 21.8 Å². The SMILES string of the molecule is CCN(CC)C(=O)c1sc(NC(=S)NNC(=O)[C@H](Sc2ccccc2)c2ccccc2)c(C(=O)OC)c1C. The molecule has 1 heterocycles. The van der Waals surface area contributed by atoms with Gasteiger partial charge in [-0.2, -0.15) is 0 Å². The Morgan fingerprint density at radius 3 is 2.18 bits per heavy atom. The van der Waals surface area contributed by atoms with Crippen LogP contribution in [0.3, 0.4) is 0 Å². The van der Waals surface area contributed by atoms with E-state index in [1.54, 1.807) is 11.8 Å². The van der Waals surface area contributed by atoms with Crippen LogP contribution in [0.15, 0.2) is 65.6 Å². The van der Waals surface area contributed by atoms with Crippen LogP contribution < -0.4 is 16.2 Å². The van der Waals surface area contributed by atoms with Crippen LogP contribution >= 0.6 is 35.3 Å². The van der Waals surface area contributed by atoms with E-state index in [4.69, 9.17) is 17.0 Å². The van der Waals surface area contributed by atoms with Crippen molar-refractivity contribution in [1.29, 1.82) is 0 Å². The molecule has 38 heavy (non-hydrogen) atoms. The zero-order valence-electron chi connectivity index (χ0n) is 21.6. The highest BCUT2D eigenvalue weighted by Crippen LogP contribution is 2.36. The molecule has 11 heteroatoms. The molecule has 2 amide bonds. The molecule has 3 N–H and O–H groups in total. The Morgan fingerprint density at radius 1 is 1.00 bits per heavy atom. The largest absolute Gasteiger partial charge is 0.465 e. The maximum atomic E-state index is 13.2. The number of esters is 1. The molecule has 0 radical (unpaired) electrons. The van der Waals surface area contributed by atoms with Gasteiger partial charge in [-0.1, -0.05) is 48.5 Å². The highest BCUT2D eigenvalue weighted by Gasteiger charge is 2.28. The first kappa shape index (κ1) is 29.2. The fourth-order valence-corrected chi connectivity index (χ4v) is 6.09. The molecule has 200 valence electrons. The average molecular weight is 571 g/mol. The zero-order chi connectivity index (χ0) is 27.7. The van der Waals surface area contributed by atoms with E-state index in [0.29, 0.717) is 28.5 Å². The van der Waals surface area contributed by atoms with E-state index in [-0.39, 0.29) is 22.5 Å². The number of nitrogens with one attached hydrogen (secondary N) is 3. The number of ether oxygens (including phenoxy) is 1. The van der Waals surface area contributed by atoms with E-state index < -0.39 is 11.2 Å². The quantitative estimate of drug-likeness (QED) is 0.140. The molecule has 0 bridgehead atoms. The van der Waals surface area contributed by atoms with Gasteiger partial charge in [0.25, 0.3) is 11.8 Å². The zero-order valence-corrected chi connectivity index (χ0v) is 24.0. The van der Waals surface area contributed by atoms with Gasteiger partial charge < -0.3 is 15.0 Å². The number of amides is 2. The van der Waals surface area contributed by atoms with Crippen molar-refractivity contribution in [3.63, 3.8) is 0 Å². The number of hydrazine groups is 1. The Bertz CT molecular complexity index is 1280. The van der Waals surface area contributed by atoms with Crippen LogP contribution in [0.4, 0.5) is 5.00 Å². The first-order valence-corrected chi connectivity index (χ1v) is 14.1. The molecule has 0 aliphatic heterocycles. The highest BCUT2D eigenvalue weighted by atomic mass is 32.2. The fourth-order valence-electron chi connectivity index (χ4n) is 3.66. The van der Waals surface area contributed by atoms with Gasteiger partial charge in [-0.3, -0.25) is 20.4 Å². The molecule has 0 saturated heterocycles. The summed E-state index contributed by atoms with van der Waals surface area (Å²) in [6, 6.07) is 19.1. The number of hydrogen-bond donors (Lipinski definition) is 3. The Kier molecular flexibility index (Phi) is 10.7. The highest BCUT2D eigenvalue weighted by molar-refractivity contribution is 8.00. The number of thioether (sulfide) groups is 1. The monoisotopic (exact) mass is 570 g/mol. The lowest BCUT2D eigenvalue weighted by atomic mass is 10.1. The summed E-state index contributed by atoms with van der Waals surface area (Å²) in [5, 5.41) is 2.82. The first-order valence-electron chi connectivity index (χ1n) is 11.9. The number of benzene rings is 2. The lowest BCUT2D eigenvalue weighted by Crippen LogP contribution is -2.45. The normalized spacial score (nSPS) is 11.3. The van der Waals surface area contributed by atoms with Gasteiger partial charge in [0.1, 0.15) is 10.3 Å². The van der Waals surface area contributed by atoms with Gasteiger partial charge in [0.05, 0.1) is 17.6 Å². The van der Waals surface area contributed by atoms with Crippen molar-refractivity contribution >= 4 is 63.2 Å². The van der Waals surface area contributed by atoms with Crippen molar-refractivity contribution in [2.45, 2.75) is 30.9 Å². The van der Waals surface area contributed by atoms with Crippen LogP contribution in [0.2, 0.25) is 0 Å². The third-order valence-electron chi connectivity index (χ3n) is 5.65. The maximum absolute atomic E-state index is 13.2. The molecule has 3 rings (SSSR count). The predicted molar refractivity (Wildman–Crippen MR) is 157 cm³/mol. The number of carbonyl (C=O) groups is 3. The Morgan fingerprint density at radius 2 is 1.61 bits per heavy atom. The number of rotatable bonds is 9. The third-order valence-corrected chi connectivity index (χ3v) is 8.31. The minimum absolute atomic E-state index is 0.0584. The van der Waals surface area contributed by atoms with Crippen LogP contribution in [0, 0.1) is 6.92 Å². The standard InChI is InChI=1S/C27H30N4O4S3/c1-5-31(6-2)25(33)21-17(3)20(26(34)35-4)24(38-21)28-27(36)30-29-23(32)22(18-13-9-7-10-14-18)37-19-15-11-8-12-16-19/h7-16,22H,5-6H2,1-4H3,(H,29,32)(H2,28,30,36)/t22-/m1/s1. The fraction of sp³-hybridized carbons (Fsp3) is 0.259. The number of anilines is 1. The first-order chi connectivity index (χ1) is 18.3. The summed E-state index contributed by atoms with van der Waals surface area (Å²) in [5.74, 6) is -1.07. The van der Waals surface area contributed by atoms with Crippen LogP contribution in [0.1, 0.15) is 50.3 Å². The molecule has 1 aromatic heterocycles. The van der Waals surface area contributed by atoms with Crippen molar-refractivity contribution in [3.8, 4) is 0 Å². The van der Waals surface area contributed by atoms with E-state index in [2.05, 4.69) is 16.2 Å². The average Bonchev–Trinajstić information content (AvgIpc) is 3.26. The smallest absolute Gasteiger partial charge is 0.341 e. The molecule has 0 spiro atoms. The second kappa shape index (κ2) is 13.9. The minimum atomic E-state index is -0.588. The number of thiocarbonyl (C=S) groups is 1. The molecule has 2 aromatic carbocycles. The molecule has 0 aliphatic rings. The van der Waals surface area contributed by atoms with E-state index in [9.17, 15) is 14.4 Å². The molecular weight excluding hydrogens is 541 g/mol. The van der Waals surface area contributed by atoms with E-state index in [1.807, 2.05) is 74.5 Å². The van der Waals surface area contributed by atoms with Gasteiger partial charge in [-0.05, 0) is 56.2 Å². The summed E-state index contributed by atoms with van der Waals surface area (Å²) in [6.07, 6.45) is 0. The lowest BCUT2D eigenvalue weighted by Gasteiger charge is -2.18. The number of methoxy groups -OCH3 is 1. The summed E-state index contributed by atoms with van der Waals surface area (Å²) >= 11 is 7.93. The lowest BCUT2D eigenvalue weighted by molar-refractivity contribution is -0.121. The van der Waals surface area contributed by atoms with Gasteiger partial charge in [0.15, 0.2) is 5.11 Å². The van der Waals surface area contributed by atoms with E-state index in [1.165, 1.54) is 18.9 Å². The van der Waals surface area contributed by atoms with Crippen molar-refractivity contribution in [2.24, 2.45) is 0 Å². The topological polar surface area (TPSA) is 99.8 Å². The molecule has 1 atom stereocenters. The summed E-state index contributed by atoms with van der Waals surface area (Å²) in [4.78, 5) is 41.8. The van der Waals surface area contributed by atoms with Crippen LogP contribution in [0.5, 0.6) is 0 Å². The number of thiophene rings is 1. The van der Waals surface area contributed by atoms with Crippen molar-refractivity contribution in [2.75, 3.05) is 25.5 Å². The van der Waals surface area contributed by atoms with Crippen molar-refractivity contribution in [3.05, 3.63) is 82.2 Å². The summed E-state index contributed by atoms with van der Waals surface area (Å²) in [6.45, 7) is 6.57. The van der Waals surface area contributed by atoms with Gasteiger partial charge in [0.2, 0.25) is 0 Å². The maximum Gasteiger partial charge on any atom is 0.341 e. The van der Waals surface area contributed by atoms with E-state index >= 15 is 0 Å². The van der Waals surface area contributed by atoms with Gasteiger partial charge in [-0.15, -0.1) is 23.1 Å². The molecule has 0 saturated carbocycles. The van der Waals surface area contributed by atoms with Crippen LogP contribution in [-0.4, -0.2) is 48.0 Å². The summed E-state index contributed by atoms with van der Waals surface area (Å²) in [7, 11) is 1.28.